The van der Waals surface area contributed by atoms with Crippen LogP contribution in [0.3, 0.4) is 0 Å². The molecule has 0 bridgehead atoms. The predicted octanol–water partition coefficient (Wildman–Crippen LogP) is 5.76. The molecule has 1 aromatic heterocycles. The van der Waals surface area contributed by atoms with Crippen LogP contribution < -0.4 is 10.6 Å². The van der Waals surface area contributed by atoms with Gasteiger partial charge in [-0.2, -0.15) is 4.98 Å². The quantitative estimate of drug-likeness (QED) is 0.418. The summed E-state index contributed by atoms with van der Waals surface area (Å²) >= 11 is 14.2. The lowest BCUT2D eigenvalue weighted by Crippen LogP contribution is -2.35. The highest BCUT2D eigenvalue weighted by Crippen LogP contribution is 2.46. The third kappa shape index (κ3) is 4.01. The van der Waals surface area contributed by atoms with Gasteiger partial charge in [0.2, 0.25) is 0 Å². The second-order valence-electron chi connectivity index (χ2n) is 8.25. The molecule has 1 saturated heterocycles. The molecule has 0 spiro atoms. The zero-order chi connectivity index (χ0) is 23.3. The first-order chi connectivity index (χ1) is 15.9. The highest BCUT2D eigenvalue weighted by Gasteiger charge is 2.29. The van der Waals surface area contributed by atoms with Crippen LogP contribution in [-0.2, 0) is 11.3 Å². The first-order valence-corrected chi connectivity index (χ1v) is 12.5. The summed E-state index contributed by atoms with van der Waals surface area (Å²) in [6.07, 6.45) is 2.92. The van der Waals surface area contributed by atoms with Crippen molar-refractivity contribution >= 4 is 51.7 Å². The summed E-state index contributed by atoms with van der Waals surface area (Å²) in [5.74, 6) is -0.506. The van der Waals surface area contributed by atoms with Crippen LogP contribution in [0.15, 0.2) is 27.9 Å². The van der Waals surface area contributed by atoms with E-state index in [-0.39, 0.29) is 27.4 Å². The van der Waals surface area contributed by atoms with E-state index in [4.69, 9.17) is 27.9 Å². The number of thioether (sulfide) groups is 1. The van der Waals surface area contributed by atoms with E-state index in [1.165, 1.54) is 17.8 Å². The number of anilines is 1. The van der Waals surface area contributed by atoms with Gasteiger partial charge in [0.1, 0.15) is 17.5 Å². The van der Waals surface area contributed by atoms with Gasteiger partial charge < -0.3 is 9.64 Å². The largest absolute Gasteiger partial charge is 0.379 e. The van der Waals surface area contributed by atoms with Crippen molar-refractivity contribution in [1.82, 2.24) is 9.55 Å². The van der Waals surface area contributed by atoms with E-state index >= 15 is 0 Å². The molecule has 1 fully saturated rings. The number of piperidine rings is 1. The van der Waals surface area contributed by atoms with E-state index < -0.39 is 11.6 Å². The minimum Gasteiger partial charge on any atom is -0.379 e. The summed E-state index contributed by atoms with van der Waals surface area (Å²) in [5, 5.41) is 0.815. The maximum Gasteiger partial charge on any atom is 0.350 e. The number of rotatable bonds is 3. The Balaban J connectivity index is 1.85. The summed E-state index contributed by atoms with van der Waals surface area (Å²) in [6, 6.07) is 3.72. The molecule has 0 unspecified atom stereocenters. The van der Waals surface area contributed by atoms with Gasteiger partial charge >= 0.3 is 5.69 Å². The average Bonchev–Trinajstić information content (AvgIpc) is 3.00. The van der Waals surface area contributed by atoms with Gasteiger partial charge in [-0.3, -0.25) is 4.57 Å². The average molecular weight is 512 g/mol. The molecule has 0 N–H and O–H groups in total. The maximum absolute atomic E-state index is 14.9. The van der Waals surface area contributed by atoms with Crippen molar-refractivity contribution in [2.24, 2.45) is 0 Å². The number of benzene rings is 2. The van der Waals surface area contributed by atoms with Crippen LogP contribution in [0.25, 0.3) is 22.0 Å². The summed E-state index contributed by atoms with van der Waals surface area (Å²) < 4.78 is 36.0. The van der Waals surface area contributed by atoms with Crippen LogP contribution in [-0.4, -0.2) is 41.6 Å². The SMILES string of the molecule is CO[C@@H]1CSc2c(-c3cc(Cl)c(F)cc3F)c(Cl)cc3c(N4CCCCC4)nc(=O)n(c23)C1. The monoisotopic (exact) mass is 511 g/mol. The molecule has 0 radical (unpaired) electrons. The molecule has 10 heteroatoms. The zero-order valence-electron chi connectivity index (χ0n) is 17.8. The molecular weight excluding hydrogens is 491 g/mol. The number of aromatic nitrogens is 2. The highest BCUT2D eigenvalue weighted by atomic mass is 35.5. The molecule has 33 heavy (non-hydrogen) atoms. The van der Waals surface area contributed by atoms with Gasteiger partial charge in [-0.25, -0.2) is 13.6 Å². The number of nitrogens with zero attached hydrogens (tertiary/aromatic N) is 3. The fourth-order valence-electron chi connectivity index (χ4n) is 4.56. The lowest BCUT2D eigenvalue weighted by atomic mass is 10.0. The van der Waals surface area contributed by atoms with Gasteiger partial charge in [0.25, 0.3) is 0 Å². The molecule has 2 aliphatic heterocycles. The van der Waals surface area contributed by atoms with Crippen LogP contribution in [0.5, 0.6) is 0 Å². The summed E-state index contributed by atoms with van der Waals surface area (Å²) in [4.78, 5) is 20.4. The Morgan fingerprint density at radius 1 is 1.09 bits per heavy atom. The van der Waals surface area contributed by atoms with Gasteiger partial charge in [-0.05, 0) is 31.4 Å². The molecule has 3 aromatic rings. The summed E-state index contributed by atoms with van der Waals surface area (Å²) in [5.41, 5.74) is 0.718. The zero-order valence-corrected chi connectivity index (χ0v) is 20.2. The van der Waals surface area contributed by atoms with E-state index in [9.17, 15) is 13.6 Å². The normalized spacial score (nSPS) is 18.6. The second kappa shape index (κ2) is 9.06. The number of hydrogen-bond acceptors (Lipinski definition) is 5. The minimum atomic E-state index is -0.846. The maximum atomic E-state index is 14.9. The number of methoxy groups -OCH3 is 1. The Kier molecular flexibility index (Phi) is 6.29. The van der Waals surface area contributed by atoms with Crippen molar-refractivity contribution < 1.29 is 13.5 Å². The third-order valence-electron chi connectivity index (χ3n) is 6.22. The van der Waals surface area contributed by atoms with E-state index in [0.29, 0.717) is 34.1 Å². The van der Waals surface area contributed by atoms with Crippen molar-refractivity contribution in [3.63, 3.8) is 0 Å². The van der Waals surface area contributed by atoms with E-state index in [2.05, 4.69) is 9.88 Å². The lowest BCUT2D eigenvalue weighted by Gasteiger charge is -2.29. The minimum absolute atomic E-state index is 0.0852. The third-order valence-corrected chi connectivity index (χ3v) is 8.03. The van der Waals surface area contributed by atoms with Crippen LogP contribution in [0.2, 0.25) is 10.0 Å². The molecular formula is C23H21Cl2F2N3O2S. The topological polar surface area (TPSA) is 47.4 Å². The number of halogens is 4. The number of hydrogen-bond donors (Lipinski definition) is 0. The lowest BCUT2D eigenvalue weighted by molar-refractivity contribution is 0.107. The molecule has 2 aliphatic rings. The molecule has 5 rings (SSSR count). The van der Waals surface area contributed by atoms with Crippen molar-refractivity contribution in [1.29, 1.82) is 0 Å². The molecule has 5 nitrogen and oxygen atoms in total. The van der Waals surface area contributed by atoms with E-state index in [1.54, 1.807) is 17.7 Å². The van der Waals surface area contributed by atoms with Crippen LogP contribution in [0, 0.1) is 11.6 Å². The summed E-state index contributed by atoms with van der Waals surface area (Å²) in [6.45, 7) is 1.92. The van der Waals surface area contributed by atoms with Crippen molar-refractivity contribution in [2.75, 3.05) is 30.9 Å². The Hall–Kier alpha value is -1.87. The Morgan fingerprint density at radius 3 is 2.58 bits per heavy atom. The van der Waals surface area contributed by atoms with E-state index in [1.807, 2.05) is 0 Å². The molecule has 0 saturated carbocycles. The first kappa shape index (κ1) is 22.9. The van der Waals surface area contributed by atoms with Crippen molar-refractivity contribution in [3.8, 4) is 11.1 Å². The van der Waals surface area contributed by atoms with Crippen LogP contribution >= 0.6 is 35.0 Å². The fraction of sp³-hybridized carbons (Fsp3) is 0.391. The van der Waals surface area contributed by atoms with Gasteiger partial charge in [0.05, 0.1) is 28.2 Å². The standard InChI is InChI=1S/C23H21Cl2F2N3O2S/c1-32-12-10-30-20-14(22(28-23(30)31)29-5-3-2-4-6-29)8-16(25)19(21(20)33-11-12)13-7-15(24)18(27)9-17(13)26/h7-9,12H,2-6,10-11H2,1H3/t12-/m0/s1. The molecule has 0 aliphatic carbocycles. The van der Waals surface area contributed by atoms with Gasteiger partial charge in [-0.1, -0.05) is 23.2 Å². The Bertz CT molecular complexity index is 1310. The second-order valence-corrected chi connectivity index (χ2v) is 10.1. The van der Waals surface area contributed by atoms with Gasteiger partial charge in [0.15, 0.2) is 0 Å². The molecule has 2 aromatic carbocycles. The predicted molar refractivity (Wildman–Crippen MR) is 129 cm³/mol. The molecule has 3 heterocycles. The van der Waals surface area contributed by atoms with Crippen LogP contribution in [0.1, 0.15) is 19.3 Å². The first-order valence-electron chi connectivity index (χ1n) is 10.7. The Morgan fingerprint density at radius 2 is 1.85 bits per heavy atom. The van der Waals surface area contributed by atoms with Gasteiger partial charge in [-0.15, -0.1) is 11.8 Å². The molecule has 0 amide bonds. The van der Waals surface area contributed by atoms with Crippen LogP contribution in [0.4, 0.5) is 14.6 Å². The highest BCUT2D eigenvalue weighted by molar-refractivity contribution is 7.99. The molecule has 1 atom stereocenters. The van der Waals surface area contributed by atoms with Crippen molar-refractivity contribution in [3.05, 3.63) is 50.4 Å². The molecule has 174 valence electrons. The summed E-state index contributed by atoms with van der Waals surface area (Å²) in [7, 11) is 1.59. The van der Waals surface area contributed by atoms with Gasteiger partial charge in [0, 0.05) is 53.4 Å². The number of ether oxygens (including phenoxy) is 1. The smallest absolute Gasteiger partial charge is 0.350 e. The Labute approximate surface area is 203 Å². The van der Waals surface area contributed by atoms with Crippen molar-refractivity contribution in [2.45, 2.75) is 36.8 Å². The fourth-order valence-corrected chi connectivity index (χ4v) is 6.40. The van der Waals surface area contributed by atoms with E-state index in [0.717, 1.165) is 43.8 Å².